The lowest BCUT2D eigenvalue weighted by molar-refractivity contribution is 0.588. The number of halogens is 2. The molecule has 2 rings (SSSR count). The third-order valence-corrected chi connectivity index (χ3v) is 2.26. The second-order valence-electron chi connectivity index (χ2n) is 3.20. The van der Waals surface area contributed by atoms with Gasteiger partial charge in [-0.3, -0.25) is 0 Å². The van der Waals surface area contributed by atoms with Gasteiger partial charge >= 0.3 is 0 Å². The van der Waals surface area contributed by atoms with E-state index in [0.717, 1.165) is 0 Å². The molecular weight excluding hydrogens is 227 g/mol. The van der Waals surface area contributed by atoms with Gasteiger partial charge in [0.2, 0.25) is 5.95 Å². The van der Waals surface area contributed by atoms with E-state index >= 15 is 0 Å². The van der Waals surface area contributed by atoms with Crippen LogP contribution in [0, 0.1) is 5.95 Å². The molecular formula is C10H6BClFN3. The third-order valence-electron chi connectivity index (χ3n) is 2.05. The normalized spacial score (nSPS) is 10.4. The number of nitrogen functional groups attached to an aromatic ring is 1. The summed E-state index contributed by atoms with van der Waals surface area (Å²) in [6.07, 6.45) is 2.60. The molecule has 0 fully saturated rings. The monoisotopic (exact) mass is 233 g/mol. The van der Waals surface area contributed by atoms with Gasteiger partial charge in [0.05, 0.1) is 11.9 Å². The molecule has 2 aromatic heterocycles. The Hall–Kier alpha value is -1.62. The van der Waals surface area contributed by atoms with E-state index < -0.39 is 5.95 Å². The minimum atomic E-state index is -0.650. The molecule has 0 spiro atoms. The number of anilines is 1. The second kappa shape index (κ2) is 4.10. The van der Waals surface area contributed by atoms with Crippen molar-refractivity contribution in [3.63, 3.8) is 0 Å². The fourth-order valence-corrected chi connectivity index (χ4v) is 1.48. The first-order valence-corrected chi connectivity index (χ1v) is 4.78. The molecule has 0 saturated heterocycles. The lowest BCUT2D eigenvalue weighted by atomic mass is 9.95. The van der Waals surface area contributed by atoms with Crippen LogP contribution in [-0.4, -0.2) is 17.8 Å². The van der Waals surface area contributed by atoms with E-state index in [1.165, 1.54) is 24.5 Å². The van der Waals surface area contributed by atoms with Gasteiger partial charge in [-0.2, -0.15) is 4.39 Å². The van der Waals surface area contributed by atoms with Gasteiger partial charge in [-0.05, 0) is 6.07 Å². The summed E-state index contributed by atoms with van der Waals surface area (Å²) in [5.74, 6) is -0.650. The number of nitrogens with zero attached hydrogens (tertiary/aromatic N) is 2. The molecule has 0 amide bonds. The maximum Gasteiger partial charge on any atom is 0.220 e. The zero-order valence-electron chi connectivity index (χ0n) is 8.11. The van der Waals surface area contributed by atoms with Crippen molar-refractivity contribution in [2.45, 2.75) is 0 Å². The highest BCUT2D eigenvalue weighted by Gasteiger charge is 2.10. The van der Waals surface area contributed by atoms with E-state index in [2.05, 4.69) is 9.97 Å². The zero-order valence-corrected chi connectivity index (χ0v) is 8.87. The molecule has 6 heteroatoms. The molecule has 2 radical (unpaired) electrons. The van der Waals surface area contributed by atoms with E-state index in [0.29, 0.717) is 16.7 Å². The summed E-state index contributed by atoms with van der Waals surface area (Å²) in [5.41, 5.74) is 6.99. The van der Waals surface area contributed by atoms with Crippen LogP contribution in [0.4, 0.5) is 10.1 Å². The van der Waals surface area contributed by atoms with E-state index in [1.54, 1.807) is 0 Å². The highest BCUT2D eigenvalue weighted by atomic mass is 35.5. The first-order valence-electron chi connectivity index (χ1n) is 4.40. The van der Waals surface area contributed by atoms with Crippen LogP contribution in [0.5, 0.6) is 0 Å². The molecule has 78 valence electrons. The summed E-state index contributed by atoms with van der Waals surface area (Å²) in [7, 11) is 5.53. The summed E-state index contributed by atoms with van der Waals surface area (Å²) in [6, 6.07) is 2.92. The topological polar surface area (TPSA) is 51.8 Å². The van der Waals surface area contributed by atoms with Gasteiger partial charge in [-0.1, -0.05) is 23.1 Å². The van der Waals surface area contributed by atoms with E-state index in [1.807, 2.05) is 0 Å². The molecule has 0 aliphatic rings. The smallest absolute Gasteiger partial charge is 0.220 e. The number of nitrogens with two attached hydrogens (primary N) is 1. The molecule has 0 unspecified atom stereocenters. The second-order valence-corrected chi connectivity index (χ2v) is 3.59. The largest absolute Gasteiger partial charge is 0.397 e. The highest BCUT2D eigenvalue weighted by Crippen LogP contribution is 2.27. The van der Waals surface area contributed by atoms with Gasteiger partial charge in [0.1, 0.15) is 13.0 Å². The van der Waals surface area contributed by atoms with Crippen molar-refractivity contribution in [1.82, 2.24) is 9.97 Å². The van der Waals surface area contributed by atoms with Crippen molar-refractivity contribution in [2.75, 3.05) is 5.73 Å². The average Bonchev–Trinajstić information content (AvgIpc) is 2.25. The van der Waals surface area contributed by atoms with Crippen LogP contribution in [0.2, 0.25) is 5.15 Å². The van der Waals surface area contributed by atoms with Gasteiger partial charge in [0, 0.05) is 17.3 Å². The molecule has 0 saturated carbocycles. The molecule has 0 bridgehead atoms. The predicted molar refractivity (Wildman–Crippen MR) is 62.2 cm³/mol. The Labute approximate surface area is 97.9 Å². The number of aromatic nitrogens is 2. The standard InChI is InChI=1S/C10H6BClFN3/c11-5-1-7(10(13)16-3-5)6-2-9(12)15-4-8(6)14/h1-4H,14H2. The minimum absolute atomic E-state index is 0.210. The number of pyridine rings is 2. The average molecular weight is 233 g/mol. The van der Waals surface area contributed by atoms with Crippen LogP contribution in [0.25, 0.3) is 11.1 Å². The first kappa shape index (κ1) is 10.9. The highest BCUT2D eigenvalue weighted by molar-refractivity contribution is 6.32. The van der Waals surface area contributed by atoms with Crippen molar-refractivity contribution >= 4 is 30.6 Å². The van der Waals surface area contributed by atoms with Crippen molar-refractivity contribution < 1.29 is 4.39 Å². The van der Waals surface area contributed by atoms with Crippen molar-refractivity contribution in [3.05, 3.63) is 35.6 Å². The van der Waals surface area contributed by atoms with Crippen LogP contribution in [0.3, 0.4) is 0 Å². The Morgan fingerprint density at radius 2 is 1.94 bits per heavy atom. The molecule has 2 heterocycles. The molecule has 2 N–H and O–H groups in total. The Morgan fingerprint density at radius 3 is 2.69 bits per heavy atom. The summed E-state index contributed by atoms with van der Waals surface area (Å²) < 4.78 is 13.5. The summed E-state index contributed by atoms with van der Waals surface area (Å²) in [6.45, 7) is 0. The van der Waals surface area contributed by atoms with Crippen LogP contribution in [0.1, 0.15) is 0 Å². The lowest BCUT2D eigenvalue weighted by Gasteiger charge is -2.07. The summed E-state index contributed by atoms with van der Waals surface area (Å²) >= 11 is 5.72. The lowest BCUT2D eigenvalue weighted by Crippen LogP contribution is -2.06. The fourth-order valence-electron chi connectivity index (χ4n) is 1.33. The maximum atomic E-state index is 13.5. The minimum Gasteiger partial charge on any atom is -0.397 e. The maximum absolute atomic E-state index is 13.5. The van der Waals surface area contributed by atoms with Crippen LogP contribution in [0.15, 0.2) is 24.5 Å². The SMILES string of the molecule is [B]c1cnc(F)c(-c2cc(Cl)ncc2N)c1. The van der Waals surface area contributed by atoms with E-state index in [4.69, 9.17) is 25.2 Å². The molecule has 3 nitrogen and oxygen atoms in total. The quantitative estimate of drug-likeness (QED) is 0.597. The van der Waals surface area contributed by atoms with Crippen LogP contribution in [-0.2, 0) is 0 Å². The number of hydrogen-bond donors (Lipinski definition) is 1. The van der Waals surface area contributed by atoms with Gasteiger partial charge in [0.25, 0.3) is 0 Å². The Morgan fingerprint density at radius 1 is 1.19 bits per heavy atom. The molecule has 2 aromatic rings. The van der Waals surface area contributed by atoms with Gasteiger partial charge in [0.15, 0.2) is 0 Å². The van der Waals surface area contributed by atoms with Crippen molar-refractivity contribution in [2.24, 2.45) is 0 Å². The summed E-state index contributed by atoms with van der Waals surface area (Å²) in [5, 5.41) is 0.228. The predicted octanol–water partition coefficient (Wildman–Crippen LogP) is 1.31. The molecule has 0 aliphatic carbocycles. The zero-order chi connectivity index (χ0) is 11.7. The Kier molecular flexibility index (Phi) is 2.79. The Balaban J connectivity index is 2.66. The van der Waals surface area contributed by atoms with E-state index in [9.17, 15) is 4.39 Å². The molecule has 0 aromatic carbocycles. The van der Waals surface area contributed by atoms with Crippen LogP contribution >= 0.6 is 11.6 Å². The third kappa shape index (κ3) is 1.99. The van der Waals surface area contributed by atoms with E-state index in [-0.39, 0.29) is 10.7 Å². The van der Waals surface area contributed by atoms with Gasteiger partial charge in [-0.15, -0.1) is 0 Å². The summed E-state index contributed by atoms with van der Waals surface area (Å²) in [4.78, 5) is 7.30. The fraction of sp³-hybridized carbons (Fsp3) is 0. The van der Waals surface area contributed by atoms with Crippen molar-refractivity contribution in [1.29, 1.82) is 0 Å². The first-order chi connectivity index (χ1) is 7.58. The molecule has 0 aliphatic heterocycles. The Bertz CT molecular complexity index is 498. The van der Waals surface area contributed by atoms with Crippen LogP contribution < -0.4 is 11.2 Å². The van der Waals surface area contributed by atoms with Gasteiger partial charge in [-0.25, -0.2) is 9.97 Å². The number of hydrogen-bond acceptors (Lipinski definition) is 3. The van der Waals surface area contributed by atoms with Crippen molar-refractivity contribution in [3.8, 4) is 11.1 Å². The molecule has 0 atom stereocenters. The molecule has 16 heavy (non-hydrogen) atoms. The van der Waals surface area contributed by atoms with Gasteiger partial charge < -0.3 is 5.73 Å². The number of rotatable bonds is 1.